The molecule has 0 aliphatic carbocycles. The average Bonchev–Trinajstić information content (AvgIpc) is 2.80. The summed E-state index contributed by atoms with van der Waals surface area (Å²) in [4.78, 5) is 14.2. The fraction of sp³-hybridized carbons (Fsp3) is 0.208. The maximum Gasteiger partial charge on any atom is 0.242 e. The summed E-state index contributed by atoms with van der Waals surface area (Å²) in [6, 6.07) is 19.9. The van der Waals surface area contributed by atoms with Crippen LogP contribution in [-0.2, 0) is 21.2 Å². The minimum atomic E-state index is -4.12. The highest BCUT2D eigenvalue weighted by atomic mass is 35.5. The Kier molecular flexibility index (Phi) is 8.84. The molecule has 2 atom stereocenters. The summed E-state index contributed by atoms with van der Waals surface area (Å²) in [5, 5.41) is 3.17. The number of thioether (sulfide) groups is 1. The van der Waals surface area contributed by atoms with Gasteiger partial charge in [0.2, 0.25) is 15.9 Å². The highest BCUT2D eigenvalue weighted by Gasteiger charge is 2.28. The lowest BCUT2D eigenvalue weighted by Gasteiger charge is -2.22. The molecule has 0 fully saturated rings. The van der Waals surface area contributed by atoms with Crippen LogP contribution in [0.3, 0.4) is 0 Å². The fourth-order valence-electron chi connectivity index (χ4n) is 3.26. The number of benzene rings is 3. The van der Waals surface area contributed by atoms with Crippen molar-refractivity contribution in [3.8, 4) is 0 Å². The van der Waals surface area contributed by atoms with Crippen LogP contribution in [0.5, 0.6) is 0 Å². The number of carbonyl (C=O) groups is 1. The van der Waals surface area contributed by atoms with E-state index >= 15 is 0 Å². The third kappa shape index (κ3) is 6.98. The van der Waals surface area contributed by atoms with Gasteiger partial charge in [-0.25, -0.2) is 8.42 Å². The predicted octanol–water partition coefficient (Wildman–Crippen LogP) is 5.48. The van der Waals surface area contributed by atoms with Crippen molar-refractivity contribution in [2.75, 3.05) is 6.26 Å². The molecular formula is C24H24Cl2N2O3S2. The summed E-state index contributed by atoms with van der Waals surface area (Å²) in [6.45, 7) is 1.86. The summed E-state index contributed by atoms with van der Waals surface area (Å²) < 4.78 is 28.7. The van der Waals surface area contributed by atoms with Gasteiger partial charge >= 0.3 is 0 Å². The number of hydrogen-bond acceptors (Lipinski definition) is 4. The molecule has 0 spiro atoms. The van der Waals surface area contributed by atoms with E-state index in [2.05, 4.69) is 10.0 Å². The molecule has 0 radical (unpaired) electrons. The zero-order valence-electron chi connectivity index (χ0n) is 18.1. The minimum Gasteiger partial charge on any atom is -0.348 e. The summed E-state index contributed by atoms with van der Waals surface area (Å²) in [6.07, 6.45) is 2.16. The summed E-state index contributed by atoms with van der Waals surface area (Å²) >= 11 is 13.7. The van der Waals surface area contributed by atoms with E-state index in [0.717, 1.165) is 16.0 Å². The first-order chi connectivity index (χ1) is 15.7. The molecule has 0 saturated heterocycles. The van der Waals surface area contributed by atoms with Crippen molar-refractivity contribution < 1.29 is 13.2 Å². The quantitative estimate of drug-likeness (QED) is 0.364. The van der Waals surface area contributed by atoms with Gasteiger partial charge in [-0.2, -0.15) is 4.72 Å². The first-order valence-corrected chi connectivity index (χ1v) is 13.6. The molecule has 0 aliphatic rings. The zero-order valence-corrected chi connectivity index (χ0v) is 21.2. The number of rotatable bonds is 9. The molecule has 0 aromatic heterocycles. The first-order valence-electron chi connectivity index (χ1n) is 10.1. The fourth-order valence-corrected chi connectivity index (χ4v) is 5.63. The van der Waals surface area contributed by atoms with Crippen molar-refractivity contribution in [1.82, 2.24) is 10.0 Å². The number of sulfonamides is 1. The standard InChI is InChI=1S/C24H24Cl2N2O3S2/c1-16(18-8-11-20(32-2)12-9-18)27-24(29)22(14-17-6-4-3-5-7-17)28-33(30,31)23-15-19(25)10-13-21(23)26/h3-13,15-16,22,28H,14H2,1-2H3,(H,27,29)/t16-,22+/m1/s1. The second kappa shape index (κ2) is 11.4. The van der Waals surface area contributed by atoms with E-state index in [1.54, 1.807) is 11.8 Å². The van der Waals surface area contributed by atoms with E-state index in [4.69, 9.17) is 23.2 Å². The molecule has 3 aromatic carbocycles. The first kappa shape index (κ1) is 25.6. The van der Waals surface area contributed by atoms with Gasteiger partial charge in [-0.1, -0.05) is 65.7 Å². The lowest BCUT2D eigenvalue weighted by atomic mass is 10.0. The molecule has 0 saturated carbocycles. The molecular weight excluding hydrogens is 499 g/mol. The van der Waals surface area contributed by atoms with Crippen LogP contribution in [0.1, 0.15) is 24.1 Å². The molecule has 174 valence electrons. The van der Waals surface area contributed by atoms with E-state index < -0.39 is 22.0 Å². The molecule has 0 heterocycles. The van der Waals surface area contributed by atoms with Crippen molar-refractivity contribution in [3.63, 3.8) is 0 Å². The van der Waals surface area contributed by atoms with Crippen LogP contribution in [0.15, 0.2) is 82.6 Å². The molecule has 2 N–H and O–H groups in total. The SMILES string of the molecule is CSc1ccc([C@@H](C)NC(=O)[C@H](Cc2ccccc2)NS(=O)(=O)c2cc(Cl)ccc2Cl)cc1. The predicted molar refractivity (Wildman–Crippen MR) is 135 cm³/mol. The maximum absolute atomic E-state index is 13.2. The second-order valence-corrected chi connectivity index (χ2v) is 10.8. The van der Waals surface area contributed by atoms with Gasteiger partial charge in [0.05, 0.1) is 11.1 Å². The van der Waals surface area contributed by atoms with Crippen LogP contribution < -0.4 is 10.0 Å². The van der Waals surface area contributed by atoms with Crippen LogP contribution in [0.2, 0.25) is 10.0 Å². The molecule has 1 amide bonds. The monoisotopic (exact) mass is 522 g/mol. The third-order valence-corrected chi connectivity index (χ3v) is 7.99. The van der Waals surface area contributed by atoms with Crippen molar-refractivity contribution in [2.45, 2.75) is 35.2 Å². The Balaban J connectivity index is 1.85. The molecule has 3 rings (SSSR count). The lowest BCUT2D eigenvalue weighted by molar-refractivity contribution is -0.123. The highest BCUT2D eigenvalue weighted by molar-refractivity contribution is 7.98. The van der Waals surface area contributed by atoms with E-state index in [1.807, 2.05) is 67.8 Å². The maximum atomic E-state index is 13.2. The second-order valence-electron chi connectivity index (χ2n) is 7.44. The molecule has 5 nitrogen and oxygen atoms in total. The molecule has 0 aliphatic heterocycles. The van der Waals surface area contributed by atoms with Gasteiger partial charge in [0.15, 0.2) is 0 Å². The van der Waals surface area contributed by atoms with E-state index in [9.17, 15) is 13.2 Å². The smallest absolute Gasteiger partial charge is 0.242 e. The Morgan fingerprint density at radius 3 is 2.30 bits per heavy atom. The number of halogens is 2. The van der Waals surface area contributed by atoms with Crippen LogP contribution in [0.4, 0.5) is 0 Å². The van der Waals surface area contributed by atoms with Crippen molar-refractivity contribution >= 4 is 50.9 Å². The average molecular weight is 524 g/mol. The molecule has 3 aromatic rings. The zero-order chi connectivity index (χ0) is 24.0. The molecule has 33 heavy (non-hydrogen) atoms. The Labute approximate surface area is 208 Å². The minimum absolute atomic E-state index is 0.0213. The van der Waals surface area contributed by atoms with Crippen LogP contribution in [-0.4, -0.2) is 26.6 Å². The van der Waals surface area contributed by atoms with Crippen molar-refractivity contribution in [3.05, 3.63) is 94.0 Å². The third-order valence-electron chi connectivity index (χ3n) is 5.05. The van der Waals surface area contributed by atoms with Gasteiger partial charge in [-0.15, -0.1) is 11.8 Å². The topological polar surface area (TPSA) is 75.3 Å². The van der Waals surface area contributed by atoms with Gasteiger partial charge in [0.1, 0.15) is 10.9 Å². The Hall–Kier alpha value is -2.03. The van der Waals surface area contributed by atoms with E-state index in [1.165, 1.54) is 18.2 Å². The Bertz CT molecular complexity index is 1200. The Morgan fingerprint density at radius 2 is 1.67 bits per heavy atom. The van der Waals surface area contributed by atoms with Gasteiger partial charge in [-0.3, -0.25) is 4.79 Å². The van der Waals surface area contributed by atoms with Gasteiger partial charge in [-0.05, 0) is 61.1 Å². The lowest BCUT2D eigenvalue weighted by Crippen LogP contribution is -2.48. The normalized spacial score (nSPS) is 13.3. The summed E-state index contributed by atoms with van der Waals surface area (Å²) in [7, 11) is -4.12. The largest absolute Gasteiger partial charge is 0.348 e. The summed E-state index contributed by atoms with van der Waals surface area (Å²) in [5.41, 5.74) is 1.73. The van der Waals surface area contributed by atoms with Gasteiger partial charge in [0, 0.05) is 9.92 Å². The number of nitrogens with one attached hydrogen (secondary N) is 2. The van der Waals surface area contributed by atoms with Gasteiger partial charge in [0.25, 0.3) is 0 Å². The Morgan fingerprint density at radius 1 is 1.00 bits per heavy atom. The highest BCUT2D eigenvalue weighted by Crippen LogP contribution is 2.25. The van der Waals surface area contributed by atoms with Crippen LogP contribution in [0, 0.1) is 0 Å². The van der Waals surface area contributed by atoms with Crippen molar-refractivity contribution in [1.29, 1.82) is 0 Å². The molecule has 0 unspecified atom stereocenters. The molecule has 0 bridgehead atoms. The van der Waals surface area contributed by atoms with E-state index in [-0.39, 0.29) is 27.4 Å². The number of hydrogen-bond donors (Lipinski definition) is 2. The van der Waals surface area contributed by atoms with Crippen molar-refractivity contribution in [2.24, 2.45) is 0 Å². The number of carbonyl (C=O) groups excluding carboxylic acids is 1. The summed E-state index contributed by atoms with van der Waals surface area (Å²) in [5.74, 6) is -0.443. The number of amides is 1. The van der Waals surface area contributed by atoms with Crippen LogP contribution in [0.25, 0.3) is 0 Å². The van der Waals surface area contributed by atoms with Crippen LogP contribution >= 0.6 is 35.0 Å². The van der Waals surface area contributed by atoms with E-state index in [0.29, 0.717) is 0 Å². The van der Waals surface area contributed by atoms with Gasteiger partial charge < -0.3 is 5.32 Å². The molecule has 9 heteroatoms.